The Morgan fingerprint density at radius 3 is 2.87 bits per heavy atom. The SMILES string of the molecule is CCCOc1ccc(CN(C)C[C@@H]2CCCCN2C)cc1CO. The molecule has 1 aliphatic heterocycles. The predicted octanol–water partition coefficient (Wildman–Crippen LogP) is 2.88. The largest absolute Gasteiger partial charge is 0.493 e. The van der Waals surface area contributed by atoms with Gasteiger partial charge in [-0.15, -0.1) is 0 Å². The number of aliphatic hydroxyl groups excluding tert-OH is 1. The van der Waals surface area contributed by atoms with E-state index in [4.69, 9.17) is 4.74 Å². The van der Waals surface area contributed by atoms with Gasteiger partial charge in [0.15, 0.2) is 0 Å². The number of hydrogen-bond acceptors (Lipinski definition) is 4. The molecular formula is C19H32N2O2. The molecule has 1 atom stereocenters. The van der Waals surface area contributed by atoms with Crippen LogP contribution in [-0.4, -0.2) is 54.7 Å². The molecule has 0 spiro atoms. The predicted molar refractivity (Wildman–Crippen MR) is 94.8 cm³/mol. The first kappa shape index (κ1) is 18.2. The highest BCUT2D eigenvalue weighted by molar-refractivity contribution is 5.36. The zero-order chi connectivity index (χ0) is 16.7. The normalized spacial score (nSPS) is 19.3. The minimum absolute atomic E-state index is 0.0297. The average Bonchev–Trinajstić information content (AvgIpc) is 2.55. The molecule has 0 bridgehead atoms. The monoisotopic (exact) mass is 320 g/mol. The van der Waals surface area contributed by atoms with Crippen molar-refractivity contribution < 1.29 is 9.84 Å². The molecule has 130 valence electrons. The summed E-state index contributed by atoms with van der Waals surface area (Å²) >= 11 is 0. The van der Waals surface area contributed by atoms with Crippen molar-refractivity contribution in [3.05, 3.63) is 29.3 Å². The fourth-order valence-electron chi connectivity index (χ4n) is 3.32. The summed E-state index contributed by atoms with van der Waals surface area (Å²) in [6.07, 6.45) is 4.95. The Hall–Kier alpha value is -1.10. The van der Waals surface area contributed by atoms with Crippen LogP contribution >= 0.6 is 0 Å². The van der Waals surface area contributed by atoms with E-state index < -0.39 is 0 Å². The Labute approximate surface area is 141 Å². The molecule has 1 N–H and O–H groups in total. The number of nitrogens with zero attached hydrogens (tertiary/aromatic N) is 2. The van der Waals surface area contributed by atoms with E-state index in [1.54, 1.807) is 0 Å². The van der Waals surface area contributed by atoms with Crippen molar-refractivity contribution in [2.24, 2.45) is 0 Å². The van der Waals surface area contributed by atoms with Crippen molar-refractivity contribution in [2.75, 3.05) is 33.8 Å². The number of benzene rings is 1. The molecule has 1 heterocycles. The molecule has 4 heteroatoms. The van der Waals surface area contributed by atoms with Gasteiger partial charge in [-0.1, -0.05) is 19.4 Å². The second-order valence-corrected chi connectivity index (χ2v) is 6.78. The van der Waals surface area contributed by atoms with E-state index in [1.807, 2.05) is 6.07 Å². The molecule has 2 rings (SSSR count). The van der Waals surface area contributed by atoms with Gasteiger partial charge in [-0.25, -0.2) is 0 Å². The van der Waals surface area contributed by atoms with Crippen molar-refractivity contribution in [3.63, 3.8) is 0 Å². The maximum atomic E-state index is 9.57. The van der Waals surface area contributed by atoms with Crippen LogP contribution in [0, 0.1) is 0 Å². The smallest absolute Gasteiger partial charge is 0.124 e. The molecule has 4 nitrogen and oxygen atoms in total. The number of likely N-dealkylation sites (N-methyl/N-ethyl adjacent to an activating group) is 2. The Morgan fingerprint density at radius 2 is 2.17 bits per heavy atom. The summed E-state index contributed by atoms with van der Waals surface area (Å²) in [5.41, 5.74) is 2.12. The van der Waals surface area contributed by atoms with Crippen molar-refractivity contribution in [1.82, 2.24) is 9.80 Å². The van der Waals surface area contributed by atoms with E-state index in [1.165, 1.54) is 31.4 Å². The van der Waals surface area contributed by atoms with Crippen LogP contribution in [0.3, 0.4) is 0 Å². The van der Waals surface area contributed by atoms with Crippen LogP contribution < -0.4 is 4.74 Å². The molecule has 1 saturated heterocycles. The molecule has 0 amide bonds. The van der Waals surface area contributed by atoms with E-state index in [-0.39, 0.29) is 6.61 Å². The summed E-state index contributed by atoms with van der Waals surface area (Å²) in [6.45, 7) is 6.04. The molecule has 0 saturated carbocycles. The first-order chi connectivity index (χ1) is 11.1. The lowest BCUT2D eigenvalue weighted by molar-refractivity contribution is 0.138. The first-order valence-electron chi connectivity index (χ1n) is 8.88. The minimum atomic E-state index is 0.0297. The number of piperidine rings is 1. The number of likely N-dealkylation sites (tertiary alicyclic amines) is 1. The molecule has 0 radical (unpaired) electrons. The highest BCUT2D eigenvalue weighted by Gasteiger charge is 2.20. The lowest BCUT2D eigenvalue weighted by Gasteiger charge is -2.35. The van der Waals surface area contributed by atoms with Crippen LogP contribution in [0.2, 0.25) is 0 Å². The van der Waals surface area contributed by atoms with E-state index in [2.05, 4.69) is 43.0 Å². The molecule has 0 unspecified atom stereocenters. The fraction of sp³-hybridized carbons (Fsp3) is 0.684. The molecule has 1 fully saturated rings. The van der Waals surface area contributed by atoms with Crippen LogP contribution in [0.5, 0.6) is 5.75 Å². The third-order valence-corrected chi connectivity index (χ3v) is 4.65. The Bertz CT molecular complexity index is 478. The summed E-state index contributed by atoms with van der Waals surface area (Å²) in [5, 5.41) is 9.57. The van der Waals surface area contributed by atoms with Gasteiger partial charge in [0.2, 0.25) is 0 Å². The van der Waals surface area contributed by atoms with Gasteiger partial charge in [-0.3, -0.25) is 0 Å². The van der Waals surface area contributed by atoms with Gasteiger partial charge in [-0.2, -0.15) is 0 Å². The molecule has 0 aliphatic carbocycles. The van der Waals surface area contributed by atoms with E-state index in [9.17, 15) is 5.11 Å². The van der Waals surface area contributed by atoms with Crippen LogP contribution in [0.15, 0.2) is 18.2 Å². The standard InChI is InChI=1S/C19H32N2O2/c1-4-11-23-19-9-8-16(12-17(19)15-22)13-20(2)14-18-7-5-6-10-21(18)3/h8-9,12,18,22H,4-7,10-11,13-15H2,1-3H3/t18-/m0/s1. The third-order valence-electron chi connectivity index (χ3n) is 4.65. The van der Waals surface area contributed by atoms with Gasteiger partial charge in [0.05, 0.1) is 13.2 Å². The van der Waals surface area contributed by atoms with Crippen LogP contribution in [0.25, 0.3) is 0 Å². The molecule has 0 aromatic heterocycles. The highest BCUT2D eigenvalue weighted by atomic mass is 16.5. The minimum Gasteiger partial charge on any atom is -0.493 e. The molecule has 23 heavy (non-hydrogen) atoms. The Morgan fingerprint density at radius 1 is 1.35 bits per heavy atom. The lowest BCUT2D eigenvalue weighted by Crippen LogP contribution is -2.43. The van der Waals surface area contributed by atoms with Gasteiger partial charge < -0.3 is 19.6 Å². The number of hydrogen-bond donors (Lipinski definition) is 1. The first-order valence-corrected chi connectivity index (χ1v) is 8.88. The van der Waals surface area contributed by atoms with Gasteiger partial charge in [-0.05, 0) is 57.6 Å². The van der Waals surface area contributed by atoms with Crippen molar-refractivity contribution in [1.29, 1.82) is 0 Å². The van der Waals surface area contributed by atoms with Crippen molar-refractivity contribution in [3.8, 4) is 5.75 Å². The summed E-state index contributed by atoms with van der Waals surface area (Å²) in [4.78, 5) is 4.87. The second-order valence-electron chi connectivity index (χ2n) is 6.78. The summed E-state index contributed by atoms with van der Waals surface area (Å²) in [5.74, 6) is 0.813. The Kier molecular flexibility index (Phi) is 7.34. The van der Waals surface area contributed by atoms with E-state index >= 15 is 0 Å². The second kappa shape index (κ2) is 9.26. The van der Waals surface area contributed by atoms with Crippen LogP contribution in [0.4, 0.5) is 0 Å². The van der Waals surface area contributed by atoms with Crippen molar-refractivity contribution in [2.45, 2.75) is 51.8 Å². The van der Waals surface area contributed by atoms with E-state index in [0.717, 1.165) is 30.8 Å². The lowest BCUT2D eigenvalue weighted by atomic mass is 10.0. The summed E-state index contributed by atoms with van der Waals surface area (Å²) < 4.78 is 5.69. The summed E-state index contributed by atoms with van der Waals surface area (Å²) in [7, 11) is 4.42. The molecule has 1 aromatic carbocycles. The van der Waals surface area contributed by atoms with Gasteiger partial charge in [0.25, 0.3) is 0 Å². The quantitative estimate of drug-likeness (QED) is 0.799. The van der Waals surface area contributed by atoms with Crippen molar-refractivity contribution >= 4 is 0 Å². The van der Waals surface area contributed by atoms with Crippen LogP contribution in [0.1, 0.15) is 43.7 Å². The molecule has 1 aromatic rings. The fourth-order valence-corrected chi connectivity index (χ4v) is 3.32. The average molecular weight is 320 g/mol. The number of ether oxygens (including phenoxy) is 1. The highest BCUT2D eigenvalue weighted by Crippen LogP contribution is 2.22. The number of aliphatic hydroxyl groups is 1. The van der Waals surface area contributed by atoms with Gasteiger partial charge in [0.1, 0.15) is 5.75 Å². The zero-order valence-electron chi connectivity index (χ0n) is 14.9. The maximum Gasteiger partial charge on any atom is 0.124 e. The third kappa shape index (κ3) is 5.48. The Balaban J connectivity index is 1.93. The zero-order valence-corrected chi connectivity index (χ0v) is 14.9. The topological polar surface area (TPSA) is 35.9 Å². The van der Waals surface area contributed by atoms with Gasteiger partial charge in [0, 0.05) is 24.7 Å². The van der Waals surface area contributed by atoms with Crippen LogP contribution in [-0.2, 0) is 13.2 Å². The molecular weight excluding hydrogens is 288 g/mol. The van der Waals surface area contributed by atoms with Gasteiger partial charge >= 0.3 is 0 Å². The van der Waals surface area contributed by atoms with E-state index in [0.29, 0.717) is 12.6 Å². The number of rotatable bonds is 8. The maximum absolute atomic E-state index is 9.57. The summed E-state index contributed by atoms with van der Waals surface area (Å²) in [6, 6.07) is 6.85. The molecule has 1 aliphatic rings.